The van der Waals surface area contributed by atoms with Gasteiger partial charge < -0.3 is 14.3 Å². The third-order valence-corrected chi connectivity index (χ3v) is 3.80. The third-order valence-electron chi connectivity index (χ3n) is 3.48. The molecule has 3 rings (SSSR count). The largest absolute Gasteiger partial charge is 0.491 e. The van der Waals surface area contributed by atoms with E-state index in [9.17, 15) is 0 Å². The molecule has 2 aromatic heterocycles. The number of aromatic nitrogens is 4. The van der Waals surface area contributed by atoms with Crippen molar-refractivity contribution in [3.8, 4) is 5.75 Å². The van der Waals surface area contributed by atoms with Crippen LogP contribution in [0.4, 0.5) is 0 Å². The summed E-state index contributed by atoms with van der Waals surface area (Å²) in [4.78, 5) is 3.26. The zero-order chi connectivity index (χ0) is 14.8. The Labute approximate surface area is 128 Å². The average molecular weight is 302 g/mol. The summed E-state index contributed by atoms with van der Waals surface area (Å²) < 4.78 is 10.4. The molecule has 5 nitrogen and oxygen atoms in total. The van der Waals surface area contributed by atoms with Gasteiger partial charge in [0, 0.05) is 13.2 Å². The molecule has 0 radical (unpaired) electrons. The van der Waals surface area contributed by atoms with Gasteiger partial charge in [-0.1, -0.05) is 13.0 Å². The molecule has 21 heavy (non-hydrogen) atoms. The summed E-state index contributed by atoms with van der Waals surface area (Å²) in [5.74, 6) is 0.851. The van der Waals surface area contributed by atoms with Gasteiger partial charge in [-0.15, -0.1) is 0 Å². The normalized spacial score (nSPS) is 11.1. The van der Waals surface area contributed by atoms with E-state index in [1.54, 1.807) is 6.20 Å². The molecule has 0 atom stereocenters. The van der Waals surface area contributed by atoms with Crippen molar-refractivity contribution in [3.05, 3.63) is 40.9 Å². The van der Waals surface area contributed by atoms with Gasteiger partial charge in [-0.3, -0.25) is 4.68 Å². The summed E-state index contributed by atoms with van der Waals surface area (Å²) in [6.45, 7) is 3.48. The summed E-state index contributed by atoms with van der Waals surface area (Å²) in [7, 11) is 1.93. The van der Waals surface area contributed by atoms with Crippen molar-refractivity contribution in [1.82, 2.24) is 19.3 Å². The van der Waals surface area contributed by atoms with Gasteiger partial charge >= 0.3 is 0 Å². The summed E-state index contributed by atoms with van der Waals surface area (Å²) in [5, 5.41) is 4.20. The smallest absolute Gasteiger partial charge is 0.178 e. The lowest BCUT2D eigenvalue weighted by Crippen LogP contribution is -2.05. The van der Waals surface area contributed by atoms with Crippen LogP contribution < -0.4 is 4.74 Å². The van der Waals surface area contributed by atoms with Crippen LogP contribution in [0, 0.1) is 4.77 Å². The maximum atomic E-state index is 5.79. The van der Waals surface area contributed by atoms with Gasteiger partial charge in [0.1, 0.15) is 11.3 Å². The minimum Gasteiger partial charge on any atom is -0.491 e. The van der Waals surface area contributed by atoms with Crippen LogP contribution in [0.15, 0.2) is 30.5 Å². The number of rotatable bonds is 5. The van der Waals surface area contributed by atoms with Crippen LogP contribution in [-0.4, -0.2) is 25.9 Å². The van der Waals surface area contributed by atoms with Gasteiger partial charge in [-0.05, 0) is 36.8 Å². The van der Waals surface area contributed by atoms with Gasteiger partial charge in [0.15, 0.2) is 4.77 Å². The number of ether oxygens (including phenoxy) is 1. The van der Waals surface area contributed by atoms with E-state index in [1.165, 1.54) is 0 Å². The first kappa shape index (κ1) is 13.9. The summed E-state index contributed by atoms with van der Waals surface area (Å²) >= 11 is 5.46. The van der Waals surface area contributed by atoms with E-state index in [1.807, 2.05) is 29.9 Å². The maximum Gasteiger partial charge on any atom is 0.178 e. The number of para-hydroxylation sites is 1. The predicted molar refractivity (Wildman–Crippen MR) is 85.2 cm³/mol. The van der Waals surface area contributed by atoms with Crippen LogP contribution in [0.25, 0.3) is 11.0 Å². The van der Waals surface area contributed by atoms with Crippen LogP contribution in [0.5, 0.6) is 5.75 Å². The number of imidazole rings is 1. The van der Waals surface area contributed by atoms with Crippen LogP contribution in [0.1, 0.15) is 19.0 Å². The molecular formula is C15H18N4OS. The summed E-state index contributed by atoms with van der Waals surface area (Å²) in [6, 6.07) is 8.02. The lowest BCUT2D eigenvalue weighted by Gasteiger charge is -2.07. The van der Waals surface area contributed by atoms with Crippen molar-refractivity contribution < 1.29 is 4.74 Å². The molecule has 0 spiro atoms. The van der Waals surface area contributed by atoms with E-state index in [0.29, 0.717) is 17.9 Å². The van der Waals surface area contributed by atoms with Crippen LogP contribution >= 0.6 is 12.2 Å². The fourth-order valence-corrected chi connectivity index (χ4v) is 2.63. The Balaban J connectivity index is 2.05. The Morgan fingerprint density at radius 2 is 2.19 bits per heavy atom. The number of fused-ring (bicyclic) bond motifs is 1. The number of hydrogen-bond donors (Lipinski definition) is 1. The number of aromatic amines is 1. The van der Waals surface area contributed by atoms with Crippen molar-refractivity contribution in [2.75, 3.05) is 6.61 Å². The number of hydrogen-bond acceptors (Lipinski definition) is 3. The Hall–Kier alpha value is -2.08. The van der Waals surface area contributed by atoms with Crippen LogP contribution in [-0.2, 0) is 13.6 Å². The number of nitrogens with one attached hydrogen (secondary N) is 1. The molecule has 110 valence electrons. The second-order valence-corrected chi connectivity index (χ2v) is 5.35. The van der Waals surface area contributed by atoms with Gasteiger partial charge in [0.25, 0.3) is 0 Å². The molecular weight excluding hydrogens is 284 g/mol. The fraction of sp³-hybridized carbons (Fsp3) is 0.333. The van der Waals surface area contributed by atoms with Gasteiger partial charge in [-0.25, -0.2) is 0 Å². The first-order valence-corrected chi connectivity index (χ1v) is 7.42. The quantitative estimate of drug-likeness (QED) is 0.736. The topological polar surface area (TPSA) is 47.8 Å². The zero-order valence-corrected chi connectivity index (χ0v) is 13.0. The predicted octanol–water partition coefficient (Wildman–Crippen LogP) is 3.27. The first-order chi connectivity index (χ1) is 10.2. The Kier molecular flexibility index (Phi) is 3.79. The van der Waals surface area contributed by atoms with E-state index >= 15 is 0 Å². The highest BCUT2D eigenvalue weighted by atomic mass is 32.1. The number of H-pyrrole nitrogens is 1. The maximum absolute atomic E-state index is 5.79. The van der Waals surface area contributed by atoms with E-state index in [0.717, 1.165) is 28.9 Å². The van der Waals surface area contributed by atoms with E-state index in [4.69, 9.17) is 17.0 Å². The number of nitrogens with zero attached hydrogens (tertiary/aromatic N) is 3. The van der Waals surface area contributed by atoms with E-state index in [-0.39, 0.29) is 0 Å². The van der Waals surface area contributed by atoms with Gasteiger partial charge in [-0.2, -0.15) is 5.10 Å². The molecule has 6 heteroatoms. The van der Waals surface area contributed by atoms with Crippen LogP contribution in [0.3, 0.4) is 0 Å². The molecule has 0 unspecified atom stereocenters. The van der Waals surface area contributed by atoms with Gasteiger partial charge in [0.05, 0.1) is 24.4 Å². The minimum atomic E-state index is 0.687. The third kappa shape index (κ3) is 2.58. The fourth-order valence-electron chi connectivity index (χ4n) is 2.36. The molecule has 0 aliphatic heterocycles. The standard InChI is InChI=1S/C15H18N4OS/c1-3-9-20-13-6-4-5-12-14(13)17-15(21)19(12)10-11-7-8-16-18(11)2/h4-8H,3,9-10H2,1-2H3,(H,17,21). The second kappa shape index (κ2) is 5.73. The molecule has 0 saturated heterocycles. The molecule has 0 bridgehead atoms. The number of benzene rings is 1. The first-order valence-electron chi connectivity index (χ1n) is 7.02. The highest BCUT2D eigenvalue weighted by Crippen LogP contribution is 2.25. The van der Waals surface area contributed by atoms with Crippen molar-refractivity contribution in [2.45, 2.75) is 19.9 Å². The highest BCUT2D eigenvalue weighted by molar-refractivity contribution is 7.71. The molecule has 0 amide bonds. The molecule has 3 aromatic rings. The summed E-state index contributed by atoms with van der Waals surface area (Å²) in [5.41, 5.74) is 3.11. The van der Waals surface area contributed by atoms with Crippen molar-refractivity contribution in [3.63, 3.8) is 0 Å². The summed E-state index contributed by atoms with van der Waals surface area (Å²) in [6.07, 6.45) is 2.77. The molecule has 0 aliphatic rings. The molecule has 0 fully saturated rings. The Morgan fingerprint density at radius 1 is 1.33 bits per heavy atom. The van der Waals surface area contributed by atoms with Crippen molar-refractivity contribution in [1.29, 1.82) is 0 Å². The molecule has 1 aromatic carbocycles. The average Bonchev–Trinajstić information content (AvgIpc) is 3.02. The second-order valence-electron chi connectivity index (χ2n) is 4.96. The Morgan fingerprint density at radius 3 is 2.90 bits per heavy atom. The van der Waals surface area contributed by atoms with Crippen LogP contribution in [0.2, 0.25) is 0 Å². The Bertz CT molecular complexity index is 815. The molecule has 2 heterocycles. The number of aryl methyl sites for hydroxylation is 1. The zero-order valence-electron chi connectivity index (χ0n) is 12.2. The minimum absolute atomic E-state index is 0.687. The molecule has 0 saturated carbocycles. The monoisotopic (exact) mass is 302 g/mol. The molecule has 1 N–H and O–H groups in total. The van der Waals surface area contributed by atoms with Gasteiger partial charge in [0.2, 0.25) is 0 Å². The highest BCUT2D eigenvalue weighted by Gasteiger charge is 2.10. The van der Waals surface area contributed by atoms with Crippen molar-refractivity contribution >= 4 is 23.3 Å². The lowest BCUT2D eigenvalue weighted by molar-refractivity contribution is 0.320. The lowest BCUT2D eigenvalue weighted by atomic mass is 10.3. The van der Waals surface area contributed by atoms with E-state index < -0.39 is 0 Å². The van der Waals surface area contributed by atoms with Crippen molar-refractivity contribution in [2.24, 2.45) is 7.05 Å². The van der Waals surface area contributed by atoms with E-state index in [2.05, 4.69) is 27.6 Å². The SMILES string of the molecule is CCCOc1cccc2c1[nH]c(=S)n2Cc1ccnn1C. The molecule has 0 aliphatic carbocycles.